The lowest BCUT2D eigenvalue weighted by atomic mass is 10.2. The van der Waals surface area contributed by atoms with Gasteiger partial charge in [-0.3, -0.25) is 4.79 Å². The zero-order valence-corrected chi connectivity index (χ0v) is 12.4. The van der Waals surface area contributed by atoms with Crippen molar-refractivity contribution in [3.8, 4) is 0 Å². The van der Waals surface area contributed by atoms with Crippen molar-refractivity contribution in [2.75, 3.05) is 19.8 Å². The molecule has 0 atom stereocenters. The van der Waals surface area contributed by atoms with E-state index in [-0.39, 0.29) is 16.4 Å². The number of carbonyl (C=O) groups is 1. The summed E-state index contributed by atoms with van der Waals surface area (Å²) in [6.07, 6.45) is 0. The molecule has 0 saturated heterocycles. The first-order valence-corrected chi connectivity index (χ1v) is 7.84. The number of amides is 1. The Morgan fingerprint density at radius 2 is 2.10 bits per heavy atom. The summed E-state index contributed by atoms with van der Waals surface area (Å²) in [7, 11) is -3.80. The van der Waals surface area contributed by atoms with E-state index in [2.05, 4.69) is 5.32 Å². The third-order valence-corrected chi connectivity index (χ3v) is 3.32. The van der Waals surface area contributed by atoms with Crippen LogP contribution in [0.2, 0.25) is 0 Å². The zero-order chi connectivity index (χ0) is 15.2. The highest BCUT2D eigenvalue weighted by atomic mass is 32.2. The van der Waals surface area contributed by atoms with Crippen molar-refractivity contribution in [2.24, 2.45) is 11.1 Å². The molecule has 6 nitrogen and oxygen atoms in total. The maximum absolute atomic E-state index is 11.8. The van der Waals surface area contributed by atoms with Crippen LogP contribution in [0.15, 0.2) is 29.2 Å². The van der Waals surface area contributed by atoms with Gasteiger partial charge in [-0.1, -0.05) is 19.9 Å². The number of benzene rings is 1. The molecule has 0 spiro atoms. The van der Waals surface area contributed by atoms with Crippen molar-refractivity contribution in [1.82, 2.24) is 5.32 Å². The van der Waals surface area contributed by atoms with Crippen LogP contribution in [0.4, 0.5) is 0 Å². The summed E-state index contributed by atoms with van der Waals surface area (Å²) < 4.78 is 27.7. The summed E-state index contributed by atoms with van der Waals surface area (Å²) in [5.41, 5.74) is 0.250. The Labute approximate surface area is 119 Å². The van der Waals surface area contributed by atoms with Gasteiger partial charge in [0.25, 0.3) is 5.91 Å². The van der Waals surface area contributed by atoms with Crippen molar-refractivity contribution < 1.29 is 17.9 Å². The summed E-state index contributed by atoms with van der Waals surface area (Å²) in [5.74, 6) is 0.0841. The number of nitrogens with one attached hydrogen (secondary N) is 1. The monoisotopic (exact) mass is 300 g/mol. The molecule has 0 aliphatic carbocycles. The molecule has 0 aliphatic heterocycles. The molecular formula is C13H20N2O4S. The van der Waals surface area contributed by atoms with E-state index < -0.39 is 10.0 Å². The molecule has 0 aromatic heterocycles. The topological polar surface area (TPSA) is 98.5 Å². The van der Waals surface area contributed by atoms with Gasteiger partial charge in [-0.15, -0.1) is 0 Å². The molecule has 3 N–H and O–H groups in total. The molecule has 0 aliphatic rings. The second-order valence-electron chi connectivity index (χ2n) is 4.80. The Balaban J connectivity index is 2.52. The normalized spacial score (nSPS) is 11.6. The third kappa shape index (κ3) is 5.68. The SMILES string of the molecule is CC(C)COCCNC(=O)c1cccc(S(N)(=O)=O)c1. The number of sulfonamides is 1. The van der Waals surface area contributed by atoms with Crippen LogP contribution in [0.5, 0.6) is 0 Å². The van der Waals surface area contributed by atoms with Crippen LogP contribution in [0, 0.1) is 5.92 Å². The predicted octanol–water partition coefficient (Wildman–Crippen LogP) is 0.736. The number of ether oxygens (including phenoxy) is 1. The van der Waals surface area contributed by atoms with Gasteiger partial charge in [-0.25, -0.2) is 13.6 Å². The average Bonchev–Trinajstić information content (AvgIpc) is 2.37. The lowest BCUT2D eigenvalue weighted by molar-refractivity contribution is 0.0886. The van der Waals surface area contributed by atoms with Gasteiger partial charge in [0.2, 0.25) is 10.0 Å². The van der Waals surface area contributed by atoms with E-state index in [0.29, 0.717) is 25.7 Å². The van der Waals surface area contributed by atoms with Crippen LogP contribution in [0.1, 0.15) is 24.2 Å². The van der Waals surface area contributed by atoms with E-state index >= 15 is 0 Å². The van der Waals surface area contributed by atoms with Crippen LogP contribution in [0.3, 0.4) is 0 Å². The first kappa shape index (κ1) is 16.6. The fourth-order valence-electron chi connectivity index (χ4n) is 1.47. The average molecular weight is 300 g/mol. The van der Waals surface area contributed by atoms with Gasteiger partial charge in [0.05, 0.1) is 11.5 Å². The van der Waals surface area contributed by atoms with E-state index in [9.17, 15) is 13.2 Å². The second kappa shape index (κ2) is 7.37. The molecule has 20 heavy (non-hydrogen) atoms. The number of carbonyl (C=O) groups excluding carboxylic acids is 1. The molecule has 0 unspecified atom stereocenters. The summed E-state index contributed by atoms with van der Waals surface area (Å²) >= 11 is 0. The Kier molecular flexibility index (Phi) is 6.12. The third-order valence-electron chi connectivity index (χ3n) is 2.41. The molecule has 0 saturated carbocycles. The van der Waals surface area contributed by atoms with Crippen LogP contribution < -0.4 is 10.5 Å². The molecule has 112 valence electrons. The first-order chi connectivity index (χ1) is 9.30. The van der Waals surface area contributed by atoms with E-state index in [1.165, 1.54) is 24.3 Å². The fraction of sp³-hybridized carbons (Fsp3) is 0.462. The standard InChI is InChI=1S/C13H20N2O4S/c1-10(2)9-19-7-6-15-13(16)11-4-3-5-12(8-11)20(14,17)18/h3-5,8,10H,6-7,9H2,1-2H3,(H,15,16)(H2,14,17,18). The Morgan fingerprint density at radius 1 is 1.40 bits per heavy atom. The van der Waals surface area contributed by atoms with Gasteiger partial charge < -0.3 is 10.1 Å². The van der Waals surface area contributed by atoms with Gasteiger partial charge in [-0.2, -0.15) is 0 Å². The molecule has 1 aromatic rings. The van der Waals surface area contributed by atoms with Crippen molar-refractivity contribution in [1.29, 1.82) is 0 Å². The van der Waals surface area contributed by atoms with Crippen LogP contribution >= 0.6 is 0 Å². The molecule has 1 aromatic carbocycles. The highest BCUT2D eigenvalue weighted by molar-refractivity contribution is 7.89. The van der Waals surface area contributed by atoms with Crippen molar-refractivity contribution in [3.63, 3.8) is 0 Å². The molecule has 1 amide bonds. The van der Waals surface area contributed by atoms with Gasteiger partial charge in [0, 0.05) is 18.7 Å². The van der Waals surface area contributed by atoms with Gasteiger partial charge in [-0.05, 0) is 24.1 Å². The van der Waals surface area contributed by atoms with Crippen molar-refractivity contribution >= 4 is 15.9 Å². The van der Waals surface area contributed by atoms with Crippen molar-refractivity contribution in [2.45, 2.75) is 18.7 Å². The number of hydrogen-bond acceptors (Lipinski definition) is 4. The summed E-state index contributed by atoms with van der Waals surface area (Å²) in [4.78, 5) is 11.7. The minimum atomic E-state index is -3.80. The molecule has 0 bridgehead atoms. The van der Waals surface area contributed by atoms with E-state index in [1.807, 2.05) is 13.8 Å². The highest BCUT2D eigenvalue weighted by Gasteiger charge is 2.11. The lowest BCUT2D eigenvalue weighted by Crippen LogP contribution is -2.28. The maximum atomic E-state index is 11.8. The molecule has 0 heterocycles. The van der Waals surface area contributed by atoms with Gasteiger partial charge >= 0.3 is 0 Å². The molecule has 1 rings (SSSR count). The van der Waals surface area contributed by atoms with E-state index in [4.69, 9.17) is 9.88 Å². The van der Waals surface area contributed by atoms with Crippen LogP contribution in [0.25, 0.3) is 0 Å². The Bertz CT molecular complexity index is 555. The second-order valence-corrected chi connectivity index (χ2v) is 6.36. The van der Waals surface area contributed by atoms with Gasteiger partial charge in [0.1, 0.15) is 0 Å². The maximum Gasteiger partial charge on any atom is 0.251 e. The molecule has 0 radical (unpaired) electrons. The zero-order valence-electron chi connectivity index (χ0n) is 11.6. The van der Waals surface area contributed by atoms with Gasteiger partial charge in [0.15, 0.2) is 0 Å². The first-order valence-electron chi connectivity index (χ1n) is 6.29. The Hall–Kier alpha value is -1.44. The van der Waals surface area contributed by atoms with Crippen LogP contribution in [-0.4, -0.2) is 34.1 Å². The summed E-state index contributed by atoms with van der Waals surface area (Å²) in [6, 6.07) is 5.60. The largest absolute Gasteiger partial charge is 0.379 e. The number of primary sulfonamides is 1. The van der Waals surface area contributed by atoms with Crippen molar-refractivity contribution in [3.05, 3.63) is 29.8 Å². The quantitative estimate of drug-likeness (QED) is 0.725. The van der Waals surface area contributed by atoms with E-state index in [1.54, 1.807) is 0 Å². The summed E-state index contributed by atoms with van der Waals surface area (Å²) in [5, 5.41) is 7.67. The Morgan fingerprint density at radius 3 is 2.70 bits per heavy atom. The summed E-state index contributed by atoms with van der Waals surface area (Å²) in [6.45, 7) is 5.50. The molecular weight excluding hydrogens is 280 g/mol. The molecule has 0 fully saturated rings. The highest BCUT2D eigenvalue weighted by Crippen LogP contribution is 2.09. The number of hydrogen-bond donors (Lipinski definition) is 2. The number of nitrogens with two attached hydrogens (primary N) is 1. The van der Waals surface area contributed by atoms with Crippen LogP contribution in [-0.2, 0) is 14.8 Å². The number of rotatable bonds is 7. The molecule has 7 heteroatoms. The smallest absolute Gasteiger partial charge is 0.251 e. The minimum Gasteiger partial charge on any atom is -0.379 e. The fourth-order valence-corrected chi connectivity index (χ4v) is 2.03. The van der Waals surface area contributed by atoms with E-state index in [0.717, 1.165) is 0 Å². The minimum absolute atomic E-state index is 0.0822. The predicted molar refractivity (Wildman–Crippen MR) is 75.8 cm³/mol. The lowest BCUT2D eigenvalue weighted by Gasteiger charge is -2.08.